The molecule has 5 nitrogen and oxygen atoms in total. The number of benzene rings is 2. The predicted molar refractivity (Wildman–Crippen MR) is 99.6 cm³/mol. The fourth-order valence-corrected chi connectivity index (χ4v) is 3.46. The summed E-state index contributed by atoms with van der Waals surface area (Å²) in [6.07, 6.45) is 0.911. The largest absolute Gasteiger partial charge is 0.493 e. The van der Waals surface area contributed by atoms with E-state index in [0.29, 0.717) is 0 Å². The fraction of sp³-hybridized carbons (Fsp3) is 0.350. The van der Waals surface area contributed by atoms with Crippen LogP contribution >= 0.6 is 0 Å². The maximum Gasteiger partial charge on any atom is 0.321 e. The van der Waals surface area contributed by atoms with Crippen LogP contribution in [0.1, 0.15) is 11.1 Å². The second-order valence-corrected chi connectivity index (χ2v) is 6.66. The number of rotatable bonds is 2. The molecule has 0 unspecified atom stereocenters. The van der Waals surface area contributed by atoms with Crippen LogP contribution in [-0.4, -0.2) is 43.7 Å². The maximum atomic E-state index is 12.5. The van der Waals surface area contributed by atoms with Crippen LogP contribution in [0.4, 0.5) is 16.2 Å². The Balaban J connectivity index is 1.35. The third-order valence-corrected chi connectivity index (χ3v) is 4.87. The van der Waals surface area contributed by atoms with E-state index in [1.807, 2.05) is 23.1 Å². The van der Waals surface area contributed by atoms with Gasteiger partial charge in [-0.25, -0.2) is 4.79 Å². The van der Waals surface area contributed by atoms with Crippen LogP contribution in [0.5, 0.6) is 5.75 Å². The van der Waals surface area contributed by atoms with E-state index in [4.69, 9.17) is 4.74 Å². The van der Waals surface area contributed by atoms with Gasteiger partial charge < -0.3 is 19.9 Å². The standard InChI is InChI=1S/C20H23N3O2/c1-15-3-2-4-18(13-15)22-8-10-23(11-9-22)20(24)21-17-5-6-19-16(14-17)7-12-25-19/h2-6,13-14H,7-12H2,1H3,(H,21,24). The first-order chi connectivity index (χ1) is 12.2. The number of urea groups is 1. The highest BCUT2D eigenvalue weighted by Gasteiger charge is 2.22. The lowest BCUT2D eigenvalue weighted by Crippen LogP contribution is -2.50. The number of carbonyl (C=O) groups excluding carboxylic acids is 1. The van der Waals surface area contributed by atoms with E-state index in [-0.39, 0.29) is 6.03 Å². The number of carbonyl (C=O) groups is 1. The van der Waals surface area contributed by atoms with Gasteiger partial charge >= 0.3 is 6.03 Å². The van der Waals surface area contributed by atoms with Crippen molar-refractivity contribution in [2.45, 2.75) is 13.3 Å². The third-order valence-electron chi connectivity index (χ3n) is 4.87. The van der Waals surface area contributed by atoms with Gasteiger partial charge in [0.15, 0.2) is 0 Å². The number of ether oxygens (including phenoxy) is 1. The first-order valence-corrected chi connectivity index (χ1v) is 8.82. The molecule has 0 atom stereocenters. The van der Waals surface area contributed by atoms with Gasteiger partial charge in [0.25, 0.3) is 0 Å². The molecule has 1 saturated heterocycles. The minimum atomic E-state index is -0.0252. The first kappa shape index (κ1) is 15.8. The Kier molecular flexibility index (Phi) is 4.22. The summed E-state index contributed by atoms with van der Waals surface area (Å²) in [6, 6.07) is 14.4. The van der Waals surface area contributed by atoms with Crippen LogP contribution in [0.15, 0.2) is 42.5 Å². The quantitative estimate of drug-likeness (QED) is 0.915. The van der Waals surface area contributed by atoms with E-state index >= 15 is 0 Å². The number of fused-ring (bicyclic) bond motifs is 1. The van der Waals surface area contributed by atoms with E-state index in [1.165, 1.54) is 16.8 Å². The zero-order valence-corrected chi connectivity index (χ0v) is 14.5. The lowest BCUT2D eigenvalue weighted by molar-refractivity contribution is 0.208. The monoisotopic (exact) mass is 337 g/mol. The zero-order chi connectivity index (χ0) is 17.2. The van der Waals surface area contributed by atoms with Gasteiger partial charge in [-0.15, -0.1) is 0 Å². The van der Waals surface area contributed by atoms with Crippen LogP contribution < -0.4 is 15.0 Å². The smallest absolute Gasteiger partial charge is 0.321 e. The van der Waals surface area contributed by atoms with Crippen LogP contribution in [0, 0.1) is 6.92 Å². The van der Waals surface area contributed by atoms with Gasteiger partial charge in [-0.05, 0) is 48.4 Å². The molecule has 1 N–H and O–H groups in total. The first-order valence-electron chi connectivity index (χ1n) is 8.82. The predicted octanol–water partition coefficient (Wildman–Crippen LogP) is 3.28. The molecule has 2 aromatic carbocycles. The van der Waals surface area contributed by atoms with E-state index in [9.17, 15) is 4.79 Å². The van der Waals surface area contributed by atoms with Crippen molar-refractivity contribution in [3.63, 3.8) is 0 Å². The Morgan fingerprint density at radius 1 is 1.08 bits per heavy atom. The zero-order valence-electron chi connectivity index (χ0n) is 14.5. The van der Waals surface area contributed by atoms with Crippen molar-refractivity contribution < 1.29 is 9.53 Å². The Labute approximate surface area is 148 Å². The van der Waals surface area contributed by atoms with Gasteiger partial charge in [0.05, 0.1) is 6.61 Å². The minimum Gasteiger partial charge on any atom is -0.493 e. The molecule has 0 spiro atoms. The molecule has 4 rings (SSSR count). The van der Waals surface area contributed by atoms with Crippen molar-refractivity contribution in [1.29, 1.82) is 0 Å². The molecule has 0 bridgehead atoms. The van der Waals surface area contributed by atoms with Gasteiger partial charge in [-0.2, -0.15) is 0 Å². The van der Waals surface area contributed by atoms with Gasteiger partial charge in [0.1, 0.15) is 5.75 Å². The van der Waals surface area contributed by atoms with E-state index in [2.05, 4.69) is 41.4 Å². The number of nitrogens with zero attached hydrogens (tertiary/aromatic N) is 2. The molecule has 2 amide bonds. The normalized spacial score (nSPS) is 16.4. The third kappa shape index (κ3) is 3.40. The van der Waals surface area contributed by atoms with Crippen LogP contribution in [0.25, 0.3) is 0 Å². The Morgan fingerprint density at radius 3 is 2.72 bits per heavy atom. The Morgan fingerprint density at radius 2 is 1.92 bits per heavy atom. The van der Waals surface area contributed by atoms with Crippen molar-refractivity contribution in [2.24, 2.45) is 0 Å². The van der Waals surface area contributed by atoms with E-state index < -0.39 is 0 Å². The summed E-state index contributed by atoms with van der Waals surface area (Å²) >= 11 is 0. The molecule has 1 fully saturated rings. The molecule has 0 saturated carbocycles. The lowest BCUT2D eigenvalue weighted by Gasteiger charge is -2.36. The Hall–Kier alpha value is -2.69. The van der Waals surface area contributed by atoms with Crippen molar-refractivity contribution >= 4 is 17.4 Å². The van der Waals surface area contributed by atoms with Crippen LogP contribution in [0.3, 0.4) is 0 Å². The second kappa shape index (κ2) is 6.67. The minimum absolute atomic E-state index is 0.0252. The fourth-order valence-electron chi connectivity index (χ4n) is 3.46. The molecular weight excluding hydrogens is 314 g/mol. The van der Waals surface area contributed by atoms with Crippen LogP contribution in [0.2, 0.25) is 0 Å². The molecule has 0 radical (unpaired) electrons. The highest BCUT2D eigenvalue weighted by Crippen LogP contribution is 2.28. The van der Waals surface area contributed by atoms with Crippen LogP contribution in [-0.2, 0) is 6.42 Å². The number of piperazine rings is 1. The average molecular weight is 337 g/mol. The Bertz CT molecular complexity index is 782. The number of amides is 2. The summed E-state index contributed by atoms with van der Waals surface area (Å²) in [5.41, 5.74) is 4.51. The summed E-state index contributed by atoms with van der Waals surface area (Å²) in [5, 5.41) is 3.02. The molecular formula is C20H23N3O2. The molecule has 130 valence electrons. The van der Waals surface area contributed by atoms with Crippen molar-refractivity contribution in [2.75, 3.05) is 43.0 Å². The number of hydrogen-bond acceptors (Lipinski definition) is 3. The van der Waals surface area contributed by atoms with E-state index in [0.717, 1.165) is 50.6 Å². The number of nitrogens with one attached hydrogen (secondary N) is 1. The highest BCUT2D eigenvalue weighted by molar-refractivity contribution is 5.89. The van der Waals surface area contributed by atoms with Gasteiger partial charge in [-0.3, -0.25) is 0 Å². The van der Waals surface area contributed by atoms with Crippen molar-refractivity contribution in [1.82, 2.24) is 4.90 Å². The number of hydrogen-bond donors (Lipinski definition) is 1. The lowest BCUT2D eigenvalue weighted by atomic mass is 10.1. The number of anilines is 2. The molecule has 25 heavy (non-hydrogen) atoms. The molecule has 2 aliphatic rings. The topological polar surface area (TPSA) is 44.8 Å². The van der Waals surface area contributed by atoms with Gasteiger partial charge in [0, 0.05) is 44.0 Å². The molecule has 0 aliphatic carbocycles. The molecule has 2 aliphatic heterocycles. The molecule has 5 heteroatoms. The summed E-state index contributed by atoms with van der Waals surface area (Å²) in [7, 11) is 0. The average Bonchev–Trinajstić information content (AvgIpc) is 3.09. The second-order valence-electron chi connectivity index (χ2n) is 6.66. The summed E-state index contributed by atoms with van der Waals surface area (Å²) in [5.74, 6) is 0.935. The maximum absolute atomic E-state index is 12.5. The van der Waals surface area contributed by atoms with Crippen molar-refractivity contribution in [3.8, 4) is 5.75 Å². The van der Waals surface area contributed by atoms with E-state index in [1.54, 1.807) is 0 Å². The molecule has 2 aromatic rings. The highest BCUT2D eigenvalue weighted by atomic mass is 16.5. The van der Waals surface area contributed by atoms with Gasteiger partial charge in [0.2, 0.25) is 0 Å². The molecule has 2 heterocycles. The van der Waals surface area contributed by atoms with Crippen molar-refractivity contribution in [3.05, 3.63) is 53.6 Å². The van der Waals surface area contributed by atoms with Gasteiger partial charge in [-0.1, -0.05) is 12.1 Å². The summed E-state index contributed by atoms with van der Waals surface area (Å²) in [4.78, 5) is 16.8. The number of aryl methyl sites for hydroxylation is 1. The SMILES string of the molecule is Cc1cccc(N2CCN(C(=O)Nc3ccc4c(c3)CCO4)CC2)c1. The summed E-state index contributed by atoms with van der Waals surface area (Å²) in [6.45, 7) is 6.01. The molecule has 0 aromatic heterocycles. The summed E-state index contributed by atoms with van der Waals surface area (Å²) < 4.78 is 5.51.